The van der Waals surface area contributed by atoms with Crippen molar-refractivity contribution in [3.05, 3.63) is 50.3 Å². The number of hydrogen-bond acceptors (Lipinski definition) is 5. The van der Waals surface area contributed by atoms with Crippen molar-refractivity contribution < 1.29 is 4.79 Å². The first-order valence-electron chi connectivity index (χ1n) is 7.42. The largest absolute Gasteiger partial charge is 0.294 e. The predicted molar refractivity (Wildman–Crippen MR) is 83.4 cm³/mol. The molecule has 3 rings (SSSR count). The number of aromatic nitrogens is 4. The van der Waals surface area contributed by atoms with E-state index in [0.717, 1.165) is 23.2 Å². The van der Waals surface area contributed by atoms with Crippen LogP contribution in [0.15, 0.2) is 27.8 Å². The van der Waals surface area contributed by atoms with Gasteiger partial charge in [-0.2, -0.15) is 5.10 Å². The summed E-state index contributed by atoms with van der Waals surface area (Å²) in [5.41, 5.74) is 0.614. The quantitative estimate of drug-likeness (QED) is 0.863. The summed E-state index contributed by atoms with van der Waals surface area (Å²) in [5, 5.41) is 6.79. The van der Waals surface area contributed by atoms with Crippen molar-refractivity contribution in [1.82, 2.24) is 19.7 Å². The Balaban J connectivity index is 1.83. The van der Waals surface area contributed by atoms with E-state index in [1.165, 1.54) is 12.1 Å². The smallest absolute Gasteiger partial charge is 0.267 e. The summed E-state index contributed by atoms with van der Waals surface area (Å²) < 4.78 is 1.16. The number of anilines is 1. The first-order valence-corrected chi connectivity index (χ1v) is 7.42. The lowest BCUT2D eigenvalue weighted by atomic mass is 10.2. The van der Waals surface area contributed by atoms with Gasteiger partial charge in [-0.3, -0.25) is 24.7 Å². The lowest BCUT2D eigenvalue weighted by molar-refractivity contribution is -0.119. The Morgan fingerprint density at radius 1 is 1.39 bits per heavy atom. The molecule has 0 aliphatic heterocycles. The summed E-state index contributed by atoms with van der Waals surface area (Å²) in [6.45, 7) is 3.23. The zero-order chi connectivity index (χ0) is 16.6. The van der Waals surface area contributed by atoms with Crippen LogP contribution < -0.4 is 16.4 Å². The molecule has 0 radical (unpaired) electrons. The predicted octanol–water partition coefficient (Wildman–Crippen LogP) is 0.712. The van der Waals surface area contributed by atoms with Crippen LogP contribution in [0, 0.1) is 6.92 Å². The molecule has 0 saturated heterocycles. The molecule has 2 aromatic heterocycles. The van der Waals surface area contributed by atoms with Gasteiger partial charge in [0.05, 0.1) is 5.69 Å². The van der Waals surface area contributed by atoms with Crippen LogP contribution in [-0.2, 0) is 4.79 Å². The van der Waals surface area contributed by atoms with E-state index in [9.17, 15) is 14.4 Å². The number of aromatic amines is 1. The van der Waals surface area contributed by atoms with E-state index < -0.39 is 11.9 Å². The zero-order valence-corrected chi connectivity index (χ0v) is 12.9. The molecule has 1 aliphatic rings. The second-order valence-corrected chi connectivity index (χ2v) is 5.72. The van der Waals surface area contributed by atoms with Gasteiger partial charge >= 0.3 is 0 Å². The number of nitrogens with zero attached hydrogens (tertiary/aromatic N) is 3. The number of rotatable bonds is 4. The van der Waals surface area contributed by atoms with E-state index in [4.69, 9.17) is 0 Å². The second-order valence-electron chi connectivity index (χ2n) is 5.72. The van der Waals surface area contributed by atoms with Gasteiger partial charge < -0.3 is 0 Å². The van der Waals surface area contributed by atoms with Crippen LogP contribution in [-0.4, -0.2) is 25.7 Å². The highest BCUT2D eigenvalue weighted by Crippen LogP contribution is 2.38. The zero-order valence-electron chi connectivity index (χ0n) is 12.9. The van der Waals surface area contributed by atoms with Crippen LogP contribution in [0.2, 0.25) is 0 Å². The summed E-state index contributed by atoms with van der Waals surface area (Å²) in [5.74, 6) is -0.0357. The molecular formula is C15H17N5O3. The van der Waals surface area contributed by atoms with Gasteiger partial charge in [0.1, 0.15) is 6.04 Å². The fraction of sp³-hybridized carbons (Fsp3) is 0.400. The maximum Gasteiger partial charge on any atom is 0.267 e. The van der Waals surface area contributed by atoms with E-state index in [2.05, 4.69) is 20.4 Å². The van der Waals surface area contributed by atoms with Gasteiger partial charge in [-0.05, 0) is 32.8 Å². The summed E-state index contributed by atoms with van der Waals surface area (Å²) >= 11 is 0. The molecule has 0 spiro atoms. The summed E-state index contributed by atoms with van der Waals surface area (Å²) in [6.07, 6.45) is 2.11. The van der Waals surface area contributed by atoms with Crippen LogP contribution in [0.25, 0.3) is 0 Å². The number of amides is 1. The summed E-state index contributed by atoms with van der Waals surface area (Å²) in [7, 11) is 0. The van der Waals surface area contributed by atoms with E-state index in [0.29, 0.717) is 11.6 Å². The van der Waals surface area contributed by atoms with Crippen molar-refractivity contribution >= 4 is 11.9 Å². The highest BCUT2D eigenvalue weighted by Gasteiger charge is 2.27. The van der Waals surface area contributed by atoms with E-state index in [-0.39, 0.29) is 17.1 Å². The van der Waals surface area contributed by atoms with Gasteiger partial charge in [-0.25, -0.2) is 9.67 Å². The van der Waals surface area contributed by atoms with E-state index in [1.807, 2.05) is 0 Å². The number of aryl methyl sites for hydroxylation is 1. The molecule has 1 fully saturated rings. The Hall–Kier alpha value is -2.77. The molecule has 1 saturated carbocycles. The number of carbonyl (C=O) groups excluding carboxylic acids is 1. The molecule has 1 amide bonds. The first-order chi connectivity index (χ1) is 10.9. The van der Waals surface area contributed by atoms with Gasteiger partial charge in [0.2, 0.25) is 5.95 Å². The van der Waals surface area contributed by atoms with E-state index in [1.54, 1.807) is 19.9 Å². The average molecular weight is 315 g/mol. The minimum absolute atomic E-state index is 0.0539. The SMILES string of the molecule is Cc1cc(=O)[nH]c(NC(=O)[C@H](C)n2nc(C3CC3)ccc2=O)n1. The fourth-order valence-corrected chi connectivity index (χ4v) is 2.28. The van der Waals surface area contributed by atoms with Gasteiger partial charge in [0, 0.05) is 23.7 Å². The molecule has 0 bridgehead atoms. The van der Waals surface area contributed by atoms with Gasteiger partial charge in [-0.15, -0.1) is 0 Å². The van der Waals surface area contributed by atoms with Crippen molar-refractivity contribution in [2.75, 3.05) is 5.32 Å². The Kier molecular flexibility index (Phi) is 3.81. The molecular weight excluding hydrogens is 298 g/mol. The number of nitrogens with one attached hydrogen (secondary N) is 2. The number of hydrogen-bond donors (Lipinski definition) is 2. The first kappa shape index (κ1) is 15.1. The molecule has 8 nitrogen and oxygen atoms in total. The van der Waals surface area contributed by atoms with Crippen molar-refractivity contribution in [3.63, 3.8) is 0 Å². The Labute approximate surface area is 131 Å². The molecule has 120 valence electrons. The Morgan fingerprint density at radius 2 is 2.13 bits per heavy atom. The molecule has 8 heteroatoms. The lowest BCUT2D eigenvalue weighted by Crippen LogP contribution is -2.34. The molecule has 0 unspecified atom stereocenters. The lowest BCUT2D eigenvalue weighted by Gasteiger charge is -2.14. The topological polar surface area (TPSA) is 110 Å². The third-order valence-electron chi connectivity index (χ3n) is 3.70. The molecule has 1 atom stereocenters. The van der Waals surface area contributed by atoms with Crippen LogP contribution in [0.1, 0.15) is 43.1 Å². The third kappa shape index (κ3) is 3.36. The monoisotopic (exact) mass is 315 g/mol. The minimum atomic E-state index is -0.813. The minimum Gasteiger partial charge on any atom is -0.294 e. The van der Waals surface area contributed by atoms with E-state index >= 15 is 0 Å². The Bertz CT molecular complexity index is 866. The Morgan fingerprint density at radius 3 is 2.78 bits per heavy atom. The molecule has 2 aromatic rings. The highest BCUT2D eigenvalue weighted by atomic mass is 16.2. The third-order valence-corrected chi connectivity index (χ3v) is 3.70. The van der Waals surface area contributed by atoms with Gasteiger partial charge in [0.15, 0.2) is 0 Å². The average Bonchev–Trinajstić information content (AvgIpc) is 3.30. The van der Waals surface area contributed by atoms with Gasteiger partial charge in [0.25, 0.3) is 17.0 Å². The van der Waals surface area contributed by atoms with Crippen LogP contribution >= 0.6 is 0 Å². The van der Waals surface area contributed by atoms with Crippen molar-refractivity contribution in [2.24, 2.45) is 0 Å². The molecule has 2 heterocycles. The number of H-pyrrole nitrogens is 1. The summed E-state index contributed by atoms with van der Waals surface area (Å²) in [4.78, 5) is 42.1. The normalized spacial score (nSPS) is 15.2. The standard InChI is InChI=1S/C15H17N5O3/c1-8-7-12(21)17-15(16-8)18-14(23)9(2)20-13(22)6-5-11(19-20)10-3-4-10/h5-7,9-10H,3-4H2,1-2H3,(H2,16,17,18,21,23)/t9-/m0/s1. The molecule has 0 aromatic carbocycles. The van der Waals surface area contributed by atoms with Crippen LogP contribution in [0.4, 0.5) is 5.95 Å². The second kappa shape index (κ2) is 5.79. The maximum atomic E-state index is 12.3. The van der Waals surface area contributed by atoms with Crippen molar-refractivity contribution in [2.45, 2.75) is 38.6 Å². The molecule has 2 N–H and O–H groups in total. The van der Waals surface area contributed by atoms with Crippen LogP contribution in [0.5, 0.6) is 0 Å². The fourth-order valence-electron chi connectivity index (χ4n) is 2.28. The molecule has 23 heavy (non-hydrogen) atoms. The number of carbonyl (C=O) groups is 1. The summed E-state index contributed by atoms with van der Waals surface area (Å²) in [6, 6.07) is 3.65. The highest BCUT2D eigenvalue weighted by molar-refractivity contribution is 5.91. The maximum absolute atomic E-state index is 12.3. The van der Waals surface area contributed by atoms with Crippen molar-refractivity contribution in [3.8, 4) is 0 Å². The van der Waals surface area contributed by atoms with Crippen LogP contribution in [0.3, 0.4) is 0 Å². The van der Waals surface area contributed by atoms with Gasteiger partial charge in [-0.1, -0.05) is 0 Å². The molecule has 1 aliphatic carbocycles. The van der Waals surface area contributed by atoms with Crippen molar-refractivity contribution in [1.29, 1.82) is 0 Å².